The van der Waals surface area contributed by atoms with Gasteiger partial charge in [0.1, 0.15) is 0 Å². The van der Waals surface area contributed by atoms with E-state index in [2.05, 4.69) is 0 Å². The van der Waals surface area contributed by atoms with Crippen molar-refractivity contribution in [2.24, 2.45) is 0 Å². The second kappa shape index (κ2) is 5.48. The van der Waals surface area contributed by atoms with Crippen LogP contribution in [0.5, 0.6) is 0 Å². The lowest BCUT2D eigenvalue weighted by molar-refractivity contribution is 0.148. The molecule has 0 bridgehead atoms. The summed E-state index contributed by atoms with van der Waals surface area (Å²) >= 11 is 0. The van der Waals surface area contributed by atoms with Crippen LogP contribution in [0.1, 0.15) is 17.5 Å². The number of hydrogen-bond donors (Lipinski definition) is 1. The fourth-order valence-corrected chi connectivity index (χ4v) is 4.25. The van der Waals surface area contributed by atoms with Gasteiger partial charge in [0.25, 0.3) is 0 Å². The summed E-state index contributed by atoms with van der Waals surface area (Å²) in [6, 6.07) is 3.50. The molecule has 0 unspecified atom stereocenters. The van der Waals surface area contributed by atoms with Crippen molar-refractivity contribution in [1.82, 2.24) is 4.31 Å². The number of aryl methyl sites for hydroxylation is 1. The third-order valence-electron chi connectivity index (χ3n) is 3.42. The fourth-order valence-electron chi connectivity index (χ4n) is 2.33. The predicted molar refractivity (Wildman–Crippen MR) is 74.5 cm³/mol. The number of nitrogens with zero attached hydrogens (tertiary/aromatic N) is 1. The molecule has 1 saturated heterocycles. The zero-order valence-electron chi connectivity index (χ0n) is 11.3. The Kier molecular flexibility index (Phi) is 4.13. The van der Waals surface area contributed by atoms with E-state index in [0.29, 0.717) is 42.4 Å². The molecule has 19 heavy (non-hydrogen) atoms. The number of nitrogen functional groups attached to an aromatic ring is 1. The SMILES string of the molecule is Cc1ccc(N)c(C)c1S(=O)(=O)N1CCCOCC1. The van der Waals surface area contributed by atoms with E-state index in [1.807, 2.05) is 0 Å². The van der Waals surface area contributed by atoms with Crippen molar-refractivity contribution in [1.29, 1.82) is 0 Å². The molecule has 0 amide bonds. The van der Waals surface area contributed by atoms with Crippen LogP contribution in [0.25, 0.3) is 0 Å². The monoisotopic (exact) mass is 284 g/mol. The quantitative estimate of drug-likeness (QED) is 0.831. The largest absolute Gasteiger partial charge is 0.398 e. The van der Waals surface area contributed by atoms with Crippen LogP contribution >= 0.6 is 0 Å². The third kappa shape index (κ3) is 2.75. The van der Waals surface area contributed by atoms with Crippen LogP contribution in [0, 0.1) is 13.8 Å². The van der Waals surface area contributed by atoms with Crippen molar-refractivity contribution in [3.05, 3.63) is 23.3 Å². The lowest BCUT2D eigenvalue weighted by Gasteiger charge is -2.22. The van der Waals surface area contributed by atoms with Crippen molar-refractivity contribution in [3.63, 3.8) is 0 Å². The minimum absolute atomic E-state index is 0.342. The number of benzene rings is 1. The summed E-state index contributed by atoms with van der Waals surface area (Å²) in [4.78, 5) is 0.342. The van der Waals surface area contributed by atoms with E-state index in [-0.39, 0.29) is 0 Å². The number of ether oxygens (including phenoxy) is 1. The molecule has 0 aromatic heterocycles. The first-order valence-electron chi connectivity index (χ1n) is 6.38. The van der Waals surface area contributed by atoms with Crippen LogP contribution in [-0.2, 0) is 14.8 Å². The highest BCUT2D eigenvalue weighted by molar-refractivity contribution is 7.89. The Morgan fingerprint density at radius 3 is 2.68 bits per heavy atom. The highest BCUT2D eigenvalue weighted by Crippen LogP contribution is 2.28. The van der Waals surface area contributed by atoms with Crippen molar-refractivity contribution in [3.8, 4) is 0 Å². The molecule has 0 spiro atoms. The fraction of sp³-hybridized carbons (Fsp3) is 0.538. The Morgan fingerprint density at radius 2 is 1.95 bits per heavy atom. The molecule has 1 aromatic carbocycles. The molecular formula is C13H20N2O3S. The summed E-state index contributed by atoms with van der Waals surface area (Å²) in [6.45, 7) is 5.50. The Balaban J connectivity index is 2.47. The molecule has 5 nitrogen and oxygen atoms in total. The predicted octanol–water partition coefficient (Wildman–Crippen LogP) is 1.30. The van der Waals surface area contributed by atoms with Crippen molar-refractivity contribution in [2.75, 3.05) is 32.0 Å². The van der Waals surface area contributed by atoms with Crippen molar-refractivity contribution >= 4 is 15.7 Å². The van der Waals surface area contributed by atoms with Gasteiger partial charge >= 0.3 is 0 Å². The second-order valence-electron chi connectivity index (χ2n) is 4.80. The topological polar surface area (TPSA) is 72.6 Å². The van der Waals surface area contributed by atoms with Gasteiger partial charge < -0.3 is 10.5 Å². The van der Waals surface area contributed by atoms with E-state index in [0.717, 1.165) is 12.0 Å². The van der Waals surface area contributed by atoms with E-state index in [4.69, 9.17) is 10.5 Å². The first-order chi connectivity index (χ1) is 8.94. The maximum absolute atomic E-state index is 12.7. The molecule has 1 aromatic rings. The second-order valence-corrected chi connectivity index (χ2v) is 6.67. The highest BCUT2D eigenvalue weighted by Gasteiger charge is 2.28. The Labute approximate surface area is 114 Å². The normalized spacial score (nSPS) is 18.2. The Morgan fingerprint density at radius 1 is 1.21 bits per heavy atom. The maximum Gasteiger partial charge on any atom is 0.243 e. The van der Waals surface area contributed by atoms with Gasteiger partial charge in [0.2, 0.25) is 10.0 Å². The molecule has 6 heteroatoms. The molecule has 1 heterocycles. The molecule has 2 rings (SSSR count). The molecule has 0 saturated carbocycles. The van der Waals surface area contributed by atoms with Crippen molar-refractivity contribution < 1.29 is 13.2 Å². The van der Waals surface area contributed by atoms with Gasteiger partial charge in [-0.3, -0.25) is 0 Å². The van der Waals surface area contributed by atoms with E-state index in [1.165, 1.54) is 4.31 Å². The average Bonchev–Trinajstić information content (AvgIpc) is 2.63. The maximum atomic E-state index is 12.7. The van der Waals surface area contributed by atoms with Gasteiger partial charge in [-0.15, -0.1) is 0 Å². The van der Waals surface area contributed by atoms with Crippen LogP contribution in [0.3, 0.4) is 0 Å². The molecule has 1 aliphatic heterocycles. The number of nitrogens with two attached hydrogens (primary N) is 1. The van der Waals surface area contributed by atoms with Gasteiger partial charge in [0.15, 0.2) is 0 Å². The molecule has 1 aliphatic rings. The minimum atomic E-state index is -3.50. The van der Waals surface area contributed by atoms with Crippen LogP contribution in [0.2, 0.25) is 0 Å². The summed E-state index contributed by atoms with van der Waals surface area (Å²) in [6.07, 6.45) is 0.722. The Hall–Kier alpha value is -1.11. The number of anilines is 1. The smallest absolute Gasteiger partial charge is 0.243 e. The summed E-state index contributed by atoms with van der Waals surface area (Å²) < 4.78 is 32.3. The summed E-state index contributed by atoms with van der Waals surface area (Å²) in [5, 5.41) is 0. The highest BCUT2D eigenvalue weighted by atomic mass is 32.2. The lowest BCUT2D eigenvalue weighted by Crippen LogP contribution is -2.34. The van der Waals surface area contributed by atoms with Gasteiger partial charge in [-0.1, -0.05) is 6.07 Å². The van der Waals surface area contributed by atoms with E-state index >= 15 is 0 Å². The third-order valence-corrected chi connectivity index (χ3v) is 5.61. The standard InChI is InChI=1S/C13H20N2O3S/c1-10-4-5-12(14)11(2)13(10)19(16,17)15-6-3-8-18-9-7-15/h4-5H,3,6-9,14H2,1-2H3. The lowest BCUT2D eigenvalue weighted by atomic mass is 10.1. The van der Waals surface area contributed by atoms with Gasteiger partial charge in [-0.05, 0) is 37.5 Å². The molecule has 0 aliphatic carbocycles. The van der Waals surface area contributed by atoms with Crippen molar-refractivity contribution in [2.45, 2.75) is 25.2 Å². The van der Waals surface area contributed by atoms with Crippen LogP contribution in [0.4, 0.5) is 5.69 Å². The average molecular weight is 284 g/mol. The molecular weight excluding hydrogens is 264 g/mol. The van der Waals surface area contributed by atoms with E-state index < -0.39 is 10.0 Å². The van der Waals surface area contributed by atoms with Gasteiger partial charge in [0, 0.05) is 25.4 Å². The van der Waals surface area contributed by atoms with Gasteiger partial charge in [0.05, 0.1) is 11.5 Å². The first-order valence-corrected chi connectivity index (χ1v) is 7.82. The number of sulfonamides is 1. The minimum Gasteiger partial charge on any atom is -0.398 e. The van der Waals surface area contributed by atoms with Crippen LogP contribution in [-0.4, -0.2) is 39.0 Å². The molecule has 2 N–H and O–H groups in total. The molecule has 0 radical (unpaired) electrons. The Bertz CT molecular complexity index is 561. The molecule has 0 atom stereocenters. The summed E-state index contributed by atoms with van der Waals surface area (Å²) in [5.74, 6) is 0. The number of rotatable bonds is 2. The zero-order chi connectivity index (χ0) is 14.0. The number of hydrogen-bond acceptors (Lipinski definition) is 4. The van der Waals surface area contributed by atoms with Gasteiger partial charge in [-0.25, -0.2) is 8.42 Å². The van der Waals surface area contributed by atoms with E-state index in [1.54, 1.807) is 26.0 Å². The first kappa shape index (κ1) is 14.3. The van der Waals surface area contributed by atoms with Gasteiger partial charge in [-0.2, -0.15) is 4.31 Å². The van der Waals surface area contributed by atoms with E-state index in [9.17, 15) is 8.42 Å². The summed E-state index contributed by atoms with van der Waals surface area (Å²) in [5.41, 5.74) is 7.71. The van der Waals surface area contributed by atoms with Crippen LogP contribution < -0.4 is 5.73 Å². The van der Waals surface area contributed by atoms with Crippen LogP contribution in [0.15, 0.2) is 17.0 Å². The molecule has 1 fully saturated rings. The molecule has 106 valence electrons. The summed E-state index contributed by atoms with van der Waals surface area (Å²) in [7, 11) is -3.50. The zero-order valence-corrected chi connectivity index (χ0v) is 12.2.